The lowest BCUT2D eigenvalue weighted by Gasteiger charge is -2.53. The standard InChI is InChI=1S/C19H32O9/c1-11(20)27-12(7-6-8-14(21)23-4)9-13-19(2,3)17(24-5)15-16(28-13)18(22)26-10-25-15/h12-13,15-18,22H,6-10H2,1-5H3/t12-,13-,15+,16+,17-,18?/m1/s1. The molecule has 0 spiro atoms. The highest BCUT2D eigenvalue weighted by atomic mass is 16.8. The molecule has 2 rings (SSSR count). The van der Waals surface area contributed by atoms with E-state index < -0.39 is 36.0 Å². The molecule has 162 valence electrons. The fourth-order valence-corrected chi connectivity index (χ4v) is 3.99. The summed E-state index contributed by atoms with van der Waals surface area (Å²) in [5, 5.41) is 10.2. The van der Waals surface area contributed by atoms with Gasteiger partial charge in [-0.25, -0.2) is 0 Å². The molecule has 2 aliphatic heterocycles. The third-order valence-corrected chi connectivity index (χ3v) is 5.49. The van der Waals surface area contributed by atoms with Gasteiger partial charge in [-0.2, -0.15) is 0 Å². The number of ether oxygens (including phenoxy) is 6. The van der Waals surface area contributed by atoms with Crippen molar-refractivity contribution in [3.05, 3.63) is 0 Å². The lowest BCUT2D eigenvalue weighted by atomic mass is 9.72. The molecule has 2 heterocycles. The van der Waals surface area contributed by atoms with Crippen LogP contribution in [0.25, 0.3) is 0 Å². The Morgan fingerprint density at radius 3 is 2.54 bits per heavy atom. The van der Waals surface area contributed by atoms with E-state index in [0.717, 1.165) is 0 Å². The number of hydrogen-bond donors (Lipinski definition) is 1. The minimum atomic E-state index is -1.12. The van der Waals surface area contributed by atoms with Crippen molar-refractivity contribution in [3.63, 3.8) is 0 Å². The summed E-state index contributed by atoms with van der Waals surface area (Å²) in [6.45, 7) is 5.30. The molecule has 0 saturated carbocycles. The first-order valence-corrected chi connectivity index (χ1v) is 9.54. The molecule has 9 nitrogen and oxygen atoms in total. The molecule has 0 radical (unpaired) electrons. The van der Waals surface area contributed by atoms with E-state index in [4.69, 9.17) is 23.7 Å². The number of carbonyl (C=O) groups is 2. The summed E-state index contributed by atoms with van der Waals surface area (Å²) in [5.74, 6) is -0.708. The number of methoxy groups -OCH3 is 2. The summed E-state index contributed by atoms with van der Waals surface area (Å²) in [4.78, 5) is 22.9. The van der Waals surface area contributed by atoms with Crippen molar-refractivity contribution < 1.29 is 43.1 Å². The van der Waals surface area contributed by atoms with Crippen LogP contribution in [-0.4, -0.2) is 74.9 Å². The zero-order valence-electron chi connectivity index (χ0n) is 17.2. The molecule has 6 atom stereocenters. The van der Waals surface area contributed by atoms with E-state index in [-0.39, 0.29) is 31.4 Å². The minimum Gasteiger partial charge on any atom is -0.469 e. The first-order chi connectivity index (χ1) is 13.2. The number of aliphatic hydroxyl groups is 1. The van der Waals surface area contributed by atoms with Crippen LogP contribution in [0.15, 0.2) is 0 Å². The van der Waals surface area contributed by atoms with Gasteiger partial charge in [0.05, 0.1) is 19.3 Å². The second kappa shape index (κ2) is 9.98. The topological polar surface area (TPSA) is 110 Å². The number of carbonyl (C=O) groups excluding carboxylic acids is 2. The van der Waals surface area contributed by atoms with Gasteiger partial charge in [0.25, 0.3) is 0 Å². The Morgan fingerprint density at radius 2 is 1.93 bits per heavy atom. The van der Waals surface area contributed by atoms with Crippen LogP contribution in [0.3, 0.4) is 0 Å². The van der Waals surface area contributed by atoms with Crippen LogP contribution in [0.4, 0.5) is 0 Å². The summed E-state index contributed by atoms with van der Waals surface area (Å²) in [6.07, 6.45) is -1.82. The zero-order chi connectivity index (χ0) is 20.9. The van der Waals surface area contributed by atoms with Gasteiger partial charge < -0.3 is 33.5 Å². The normalized spacial score (nSPS) is 32.9. The molecule has 0 bridgehead atoms. The van der Waals surface area contributed by atoms with Crippen molar-refractivity contribution in [1.82, 2.24) is 0 Å². The van der Waals surface area contributed by atoms with Gasteiger partial charge in [-0.1, -0.05) is 13.8 Å². The molecule has 0 aromatic carbocycles. The molecule has 1 unspecified atom stereocenters. The lowest BCUT2D eigenvalue weighted by molar-refractivity contribution is -0.362. The predicted octanol–water partition coefficient (Wildman–Crippen LogP) is 1.15. The lowest BCUT2D eigenvalue weighted by Crippen LogP contribution is -2.65. The van der Waals surface area contributed by atoms with E-state index >= 15 is 0 Å². The van der Waals surface area contributed by atoms with Gasteiger partial charge in [-0.05, 0) is 12.8 Å². The van der Waals surface area contributed by atoms with Crippen molar-refractivity contribution in [1.29, 1.82) is 0 Å². The SMILES string of the molecule is COC(=O)CCC[C@H](C[C@H]1O[C@@H]2C(O)OCO[C@@H]2[C@@H](OC)C1(C)C)OC(C)=O. The Balaban J connectivity index is 2.11. The van der Waals surface area contributed by atoms with E-state index in [9.17, 15) is 14.7 Å². The van der Waals surface area contributed by atoms with Crippen molar-refractivity contribution in [3.8, 4) is 0 Å². The second-order valence-electron chi connectivity index (χ2n) is 7.81. The zero-order valence-corrected chi connectivity index (χ0v) is 17.2. The summed E-state index contributed by atoms with van der Waals surface area (Å²) in [7, 11) is 2.93. The van der Waals surface area contributed by atoms with Gasteiger partial charge in [0.2, 0.25) is 0 Å². The van der Waals surface area contributed by atoms with E-state index in [1.165, 1.54) is 14.0 Å². The van der Waals surface area contributed by atoms with Gasteiger partial charge in [-0.3, -0.25) is 9.59 Å². The van der Waals surface area contributed by atoms with E-state index in [0.29, 0.717) is 19.3 Å². The smallest absolute Gasteiger partial charge is 0.305 e. The number of hydrogen-bond acceptors (Lipinski definition) is 9. The van der Waals surface area contributed by atoms with Crippen LogP contribution in [0, 0.1) is 5.41 Å². The maximum absolute atomic E-state index is 11.6. The molecule has 28 heavy (non-hydrogen) atoms. The highest BCUT2D eigenvalue weighted by Gasteiger charge is 2.55. The van der Waals surface area contributed by atoms with Gasteiger partial charge in [-0.15, -0.1) is 0 Å². The van der Waals surface area contributed by atoms with Crippen LogP contribution in [0.1, 0.15) is 46.5 Å². The molecule has 2 fully saturated rings. The molecule has 0 aromatic rings. The molecule has 9 heteroatoms. The first-order valence-electron chi connectivity index (χ1n) is 9.54. The highest BCUT2D eigenvalue weighted by Crippen LogP contribution is 2.43. The molecule has 1 N–H and O–H groups in total. The van der Waals surface area contributed by atoms with Crippen molar-refractivity contribution >= 4 is 11.9 Å². The van der Waals surface area contributed by atoms with Crippen LogP contribution < -0.4 is 0 Å². The van der Waals surface area contributed by atoms with Gasteiger partial charge in [0.1, 0.15) is 18.3 Å². The Hall–Kier alpha value is -1.26. The fraction of sp³-hybridized carbons (Fsp3) is 0.895. The van der Waals surface area contributed by atoms with Crippen LogP contribution >= 0.6 is 0 Å². The molecular formula is C19H32O9. The average Bonchev–Trinajstić information content (AvgIpc) is 2.62. The molecular weight excluding hydrogens is 372 g/mol. The maximum Gasteiger partial charge on any atom is 0.305 e. The first kappa shape index (κ1) is 23.0. The molecule has 2 aliphatic rings. The van der Waals surface area contributed by atoms with Gasteiger partial charge >= 0.3 is 11.9 Å². The predicted molar refractivity (Wildman–Crippen MR) is 96.1 cm³/mol. The third-order valence-electron chi connectivity index (χ3n) is 5.49. The fourth-order valence-electron chi connectivity index (χ4n) is 3.99. The summed E-state index contributed by atoms with van der Waals surface area (Å²) in [6, 6.07) is 0. The maximum atomic E-state index is 11.6. The second-order valence-corrected chi connectivity index (χ2v) is 7.81. The monoisotopic (exact) mass is 404 g/mol. The van der Waals surface area contributed by atoms with Gasteiger partial charge in [0, 0.05) is 32.3 Å². The number of rotatable bonds is 8. The van der Waals surface area contributed by atoms with Crippen molar-refractivity contribution in [2.75, 3.05) is 21.0 Å². The Bertz CT molecular complexity index is 535. The molecule has 0 amide bonds. The van der Waals surface area contributed by atoms with E-state index in [2.05, 4.69) is 4.74 Å². The largest absolute Gasteiger partial charge is 0.469 e. The number of fused-ring (bicyclic) bond motifs is 1. The number of esters is 2. The quantitative estimate of drug-likeness (QED) is 0.596. The summed E-state index contributed by atoms with van der Waals surface area (Å²) < 4.78 is 32.8. The summed E-state index contributed by atoms with van der Waals surface area (Å²) in [5.41, 5.74) is -0.478. The Labute approximate surface area is 165 Å². The van der Waals surface area contributed by atoms with Crippen molar-refractivity contribution in [2.24, 2.45) is 5.41 Å². The van der Waals surface area contributed by atoms with Crippen LogP contribution in [0.5, 0.6) is 0 Å². The molecule has 2 saturated heterocycles. The van der Waals surface area contributed by atoms with Crippen LogP contribution in [0.2, 0.25) is 0 Å². The Morgan fingerprint density at radius 1 is 1.21 bits per heavy atom. The van der Waals surface area contributed by atoms with Crippen molar-refractivity contribution in [2.45, 2.75) is 83.3 Å². The van der Waals surface area contributed by atoms with Gasteiger partial charge in [0.15, 0.2) is 13.1 Å². The molecule has 0 aromatic heterocycles. The van der Waals surface area contributed by atoms with Crippen LogP contribution in [-0.2, 0) is 38.0 Å². The average molecular weight is 404 g/mol. The summed E-state index contributed by atoms with van der Waals surface area (Å²) >= 11 is 0. The minimum absolute atomic E-state index is 0.0318. The Kier molecular flexibility index (Phi) is 8.20. The van der Waals surface area contributed by atoms with E-state index in [1.54, 1.807) is 7.11 Å². The molecule has 0 aliphatic carbocycles. The number of aliphatic hydroxyl groups excluding tert-OH is 1. The highest BCUT2D eigenvalue weighted by molar-refractivity contribution is 5.69. The third kappa shape index (κ3) is 5.42. The van der Waals surface area contributed by atoms with E-state index in [1.807, 2.05) is 13.8 Å².